The van der Waals surface area contributed by atoms with Crippen LogP contribution in [0.1, 0.15) is 53.4 Å². The van der Waals surface area contributed by atoms with Crippen LogP contribution in [0.5, 0.6) is 0 Å². The summed E-state index contributed by atoms with van der Waals surface area (Å²) in [5, 5.41) is 0. The number of piperidine rings is 2. The normalized spacial score (nSPS) is 18.1. The van der Waals surface area contributed by atoms with Gasteiger partial charge in [0.25, 0.3) is 0 Å². The van der Waals surface area contributed by atoms with E-state index in [1.807, 2.05) is 18.3 Å². The van der Waals surface area contributed by atoms with Crippen molar-refractivity contribution >= 4 is 27.4 Å². The summed E-state index contributed by atoms with van der Waals surface area (Å²) in [4.78, 5) is 13.1. The first-order chi connectivity index (χ1) is 15.3. The summed E-state index contributed by atoms with van der Waals surface area (Å²) in [6.07, 6.45) is 8.53. The van der Waals surface area contributed by atoms with Gasteiger partial charge in [-0.05, 0) is 77.4 Å². The van der Waals surface area contributed by atoms with Crippen LogP contribution in [0.25, 0.3) is 0 Å². The second-order valence-corrected chi connectivity index (χ2v) is 10.6. The maximum Gasteiger partial charge on any atom is 0.147 e. The zero-order valence-electron chi connectivity index (χ0n) is 20.0. The first kappa shape index (κ1) is 24.9. The van der Waals surface area contributed by atoms with Crippen molar-refractivity contribution < 1.29 is 4.39 Å². The van der Waals surface area contributed by atoms with E-state index in [4.69, 9.17) is 0 Å². The molecule has 0 spiro atoms. The minimum atomic E-state index is -0.0921. The Balaban J connectivity index is 0.000000181. The summed E-state index contributed by atoms with van der Waals surface area (Å²) >= 11 is 3.31. The quantitative estimate of drug-likeness (QED) is 0.457. The van der Waals surface area contributed by atoms with Crippen LogP contribution in [-0.2, 0) is 0 Å². The molecule has 0 saturated carbocycles. The average Bonchev–Trinajstić information content (AvgIpc) is 2.80. The fourth-order valence-corrected chi connectivity index (χ4v) is 4.98. The van der Waals surface area contributed by atoms with Crippen molar-refractivity contribution in [2.45, 2.75) is 53.4 Å². The standard InChI is InChI=1S/C14H20FN.C12H18BrN3/c1-11(2)12-7-9-16(10-8-12)14-6-4-3-5-13(14)15;1-9(2)10-3-5-16(6-4-10)12-8-14-11(13)7-15-12/h3-6,11-12H,7-10H2,1-2H3;7-10H,3-6H2,1-2H3. The van der Waals surface area contributed by atoms with Crippen LogP contribution in [-0.4, -0.2) is 36.1 Å². The molecule has 0 aliphatic carbocycles. The molecule has 0 unspecified atom stereocenters. The molecule has 6 heteroatoms. The highest BCUT2D eigenvalue weighted by molar-refractivity contribution is 9.10. The molecule has 2 aliphatic rings. The fourth-order valence-electron chi connectivity index (χ4n) is 4.78. The van der Waals surface area contributed by atoms with Crippen molar-refractivity contribution in [2.75, 3.05) is 36.0 Å². The Labute approximate surface area is 201 Å². The van der Waals surface area contributed by atoms with Crippen LogP contribution in [0.2, 0.25) is 0 Å². The number of hydrogen-bond acceptors (Lipinski definition) is 4. The van der Waals surface area contributed by atoms with E-state index in [1.54, 1.807) is 18.3 Å². The number of para-hydroxylation sites is 1. The maximum absolute atomic E-state index is 13.6. The zero-order valence-corrected chi connectivity index (χ0v) is 21.6. The molecule has 1 aromatic carbocycles. The predicted molar refractivity (Wildman–Crippen MR) is 136 cm³/mol. The number of benzene rings is 1. The van der Waals surface area contributed by atoms with Gasteiger partial charge in [0, 0.05) is 26.2 Å². The minimum Gasteiger partial charge on any atom is -0.369 e. The van der Waals surface area contributed by atoms with E-state index in [0.29, 0.717) is 0 Å². The minimum absolute atomic E-state index is 0.0921. The Kier molecular flexibility index (Phi) is 9.33. The molecule has 32 heavy (non-hydrogen) atoms. The van der Waals surface area contributed by atoms with Gasteiger partial charge in [0.1, 0.15) is 16.2 Å². The number of aromatic nitrogens is 2. The average molecular weight is 506 g/mol. The molecule has 4 nitrogen and oxygen atoms in total. The van der Waals surface area contributed by atoms with Crippen molar-refractivity contribution in [3.05, 3.63) is 47.1 Å². The lowest BCUT2D eigenvalue weighted by Crippen LogP contribution is -2.35. The summed E-state index contributed by atoms with van der Waals surface area (Å²) in [6, 6.07) is 7.08. The Bertz CT molecular complexity index is 811. The van der Waals surface area contributed by atoms with E-state index in [0.717, 1.165) is 66.0 Å². The molecule has 2 aromatic rings. The first-order valence-electron chi connectivity index (χ1n) is 12.1. The third kappa shape index (κ3) is 6.90. The van der Waals surface area contributed by atoms with Gasteiger partial charge in [-0.25, -0.2) is 14.4 Å². The predicted octanol–water partition coefficient (Wildman–Crippen LogP) is 6.81. The Hall–Kier alpha value is -1.69. The van der Waals surface area contributed by atoms with Gasteiger partial charge < -0.3 is 9.80 Å². The molecule has 0 N–H and O–H groups in total. The molecule has 2 saturated heterocycles. The third-order valence-electron chi connectivity index (χ3n) is 7.09. The summed E-state index contributed by atoms with van der Waals surface area (Å²) in [5.74, 6) is 4.15. The van der Waals surface area contributed by atoms with Gasteiger partial charge in [0.15, 0.2) is 0 Å². The molecule has 0 amide bonds. The molecule has 2 aliphatic heterocycles. The Morgan fingerprint density at radius 3 is 1.81 bits per heavy atom. The highest BCUT2D eigenvalue weighted by atomic mass is 79.9. The maximum atomic E-state index is 13.6. The number of nitrogens with zero attached hydrogens (tertiary/aromatic N) is 4. The van der Waals surface area contributed by atoms with Crippen molar-refractivity contribution in [2.24, 2.45) is 23.7 Å². The number of rotatable bonds is 4. The van der Waals surface area contributed by atoms with Crippen molar-refractivity contribution in [3.8, 4) is 0 Å². The van der Waals surface area contributed by atoms with Gasteiger partial charge in [-0.2, -0.15) is 0 Å². The van der Waals surface area contributed by atoms with Crippen LogP contribution in [0.15, 0.2) is 41.3 Å². The van der Waals surface area contributed by atoms with E-state index in [9.17, 15) is 4.39 Å². The molecule has 0 radical (unpaired) electrons. The Morgan fingerprint density at radius 2 is 1.34 bits per heavy atom. The topological polar surface area (TPSA) is 32.3 Å². The van der Waals surface area contributed by atoms with Gasteiger partial charge in [-0.15, -0.1) is 0 Å². The van der Waals surface area contributed by atoms with Crippen molar-refractivity contribution in [1.82, 2.24) is 9.97 Å². The zero-order chi connectivity index (χ0) is 23.1. The molecule has 0 atom stereocenters. The molecule has 176 valence electrons. The molecule has 4 rings (SSSR count). The summed E-state index contributed by atoms with van der Waals surface area (Å²) < 4.78 is 14.4. The van der Waals surface area contributed by atoms with Crippen molar-refractivity contribution in [1.29, 1.82) is 0 Å². The van der Waals surface area contributed by atoms with Crippen LogP contribution >= 0.6 is 15.9 Å². The van der Waals surface area contributed by atoms with E-state index in [-0.39, 0.29) is 5.82 Å². The van der Waals surface area contributed by atoms with Gasteiger partial charge in [0.05, 0.1) is 18.1 Å². The van der Waals surface area contributed by atoms with E-state index >= 15 is 0 Å². The van der Waals surface area contributed by atoms with Crippen molar-refractivity contribution in [3.63, 3.8) is 0 Å². The first-order valence-corrected chi connectivity index (χ1v) is 12.9. The lowest BCUT2D eigenvalue weighted by atomic mass is 9.86. The largest absolute Gasteiger partial charge is 0.369 e. The molecular weight excluding hydrogens is 467 g/mol. The molecular formula is C26H38BrFN4. The summed E-state index contributed by atoms with van der Waals surface area (Å²) in [6.45, 7) is 13.4. The van der Waals surface area contributed by atoms with E-state index < -0.39 is 0 Å². The number of anilines is 2. The van der Waals surface area contributed by atoms with E-state index in [2.05, 4.69) is 63.4 Å². The van der Waals surface area contributed by atoms with Gasteiger partial charge >= 0.3 is 0 Å². The second-order valence-electron chi connectivity index (χ2n) is 9.79. The Morgan fingerprint density at radius 1 is 0.812 bits per heavy atom. The highest BCUT2D eigenvalue weighted by Gasteiger charge is 2.23. The van der Waals surface area contributed by atoms with Crippen LogP contribution in [0, 0.1) is 29.5 Å². The van der Waals surface area contributed by atoms with Crippen LogP contribution in [0.4, 0.5) is 15.9 Å². The molecule has 1 aromatic heterocycles. The summed E-state index contributed by atoms with van der Waals surface area (Å²) in [5.41, 5.74) is 0.768. The molecule has 0 bridgehead atoms. The molecule has 2 fully saturated rings. The van der Waals surface area contributed by atoms with E-state index in [1.165, 1.54) is 25.7 Å². The lowest BCUT2D eigenvalue weighted by Gasteiger charge is -2.35. The second kappa shape index (κ2) is 12.0. The SMILES string of the molecule is CC(C)C1CCN(c2ccccc2F)CC1.CC(C)C1CCN(c2cnc(Br)cn2)CC1. The molecule has 3 heterocycles. The third-order valence-corrected chi connectivity index (χ3v) is 7.50. The smallest absolute Gasteiger partial charge is 0.147 e. The van der Waals surface area contributed by atoms with Crippen LogP contribution < -0.4 is 9.80 Å². The number of hydrogen-bond donors (Lipinski definition) is 0. The van der Waals surface area contributed by atoms with Gasteiger partial charge in [-0.3, -0.25) is 0 Å². The highest BCUT2D eigenvalue weighted by Crippen LogP contribution is 2.29. The van der Waals surface area contributed by atoms with Gasteiger partial charge in [0.2, 0.25) is 0 Å². The monoisotopic (exact) mass is 504 g/mol. The lowest BCUT2D eigenvalue weighted by molar-refractivity contribution is 0.310. The fraction of sp³-hybridized carbons (Fsp3) is 0.615. The van der Waals surface area contributed by atoms with Gasteiger partial charge in [-0.1, -0.05) is 39.8 Å². The summed E-state index contributed by atoms with van der Waals surface area (Å²) in [7, 11) is 0. The van der Waals surface area contributed by atoms with Crippen LogP contribution in [0.3, 0.4) is 0 Å². The number of halogens is 2.